The van der Waals surface area contributed by atoms with Gasteiger partial charge in [-0.15, -0.1) is 0 Å². The minimum atomic E-state index is 0.0103. The second kappa shape index (κ2) is 4.22. The number of hydrogen-bond donors (Lipinski definition) is 3. The summed E-state index contributed by atoms with van der Waals surface area (Å²) in [7, 11) is 0. The predicted molar refractivity (Wildman–Crippen MR) is 67.0 cm³/mol. The van der Waals surface area contributed by atoms with E-state index in [1.54, 1.807) is 6.20 Å². The average Bonchev–Trinajstić information content (AvgIpc) is 2.96. The fourth-order valence-corrected chi connectivity index (χ4v) is 2.30. The predicted octanol–water partition coefficient (Wildman–Crippen LogP) is 1.26. The topological polar surface area (TPSA) is 56.9 Å². The van der Waals surface area contributed by atoms with E-state index in [2.05, 4.69) is 15.6 Å². The first-order valence-electron chi connectivity index (χ1n) is 5.92. The molecule has 0 radical (unpaired) electrons. The van der Waals surface area contributed by atoms with Crippen LogP contribution in [0.2, 0.25) is 0 Å². The molecule has 1 aromatic heterocycles. The average molecular weight is 229 g/mol. The van der Waals surface area contributed by atoms with E-state index in [0.717, 1.165) is 36.0 Å². The lowest BCUT2D eigenvalue weighted by Crippen LogP contribution is -2.36. The summed E-state index contributed by atoms with van der Waals surface area (Å²) in [5, 5.41) is 7.27. The lowest BCUT2D eigenvalue weighted by atomic mass is 10.1. The van der Waals surface area contributed by atoms with Gasteiger partial charge in [-0.3, -0.25) is 4.79 Å². The highest BCUT2D eigenvalue weighted by molar-refractivity contribution is 6.06. The van der Waals surface area contributed by atoms with Crippen LogP contribution in [0.1, 0.15) is 16.8 Å². The minimum absolute atomic E-state index is 0.0103. The van der Waals surface area contributed by atoms with Gasteiger partial charge in [-0.1, -0.05) is 18.2 Å². The Bertz CT molecular complexity index is 540. The SMILES string of the molecule is O=C(N[C@H]1CCNC1)c1c[nH]c2ccccc12. The normalized spacial score (nSPS) is 19.6. The number of aromatic nitrogens is 1. The van der Waals surface area contributed by atoms with Gasteiger partial charge in [0.15, 0.2) is 0 Å². The fraction of sp³-hybridized carbons (Fsp3) is 0.308. The van der Waals surface area contributed by atoms with Gasteiger partial charge in [0.25, 0.3) is 5.91 Å². The Morgan fingerprint density at radius 2 is 2.24 bits per heavy atom. The maximum atomic E-state index is 12.1. The lowest BCUT2D eigenvalue weighted by molar-refractivity contribution is 0.0942. The van der Waals surface area contributed by atoms with Gasteiger partial charge in [-0.25, -0.2) is 0 Å². The van der Waals surface area contributed by atoms with E-state index >= 15 is 0 Å². The zero-order valence-electron chi connectivity index (χ0n) is 9.49. The van der Waals surface area contributed by atoms with E-state index < -0.39 is 0 Å². The fourth-order valence-electron chi connectivity index (χ4n) is 2.30. The third kappa shape index (κ3) is 1.91. The van der Waals surface area contributed by atoms with Crippen molar-refractivity contribution < 1.29 is 4.79 Å². The number of hydrogen-bond acceptors (Lipinski definition) is 2. The molecule has 2 aromatic rings. The van der Waals surface area contributed by atoms with Crippen molar-refractivity contribution in [2.45, 2.75) is 12.5 Å². The summed E-state index contributed by atoms with van der Waals surface area (Å²) in [5.41, 5.74) is 1.73. The summed E-state index contributed by atoms with van der Waals surface area (Å²) in [4.78, 5) is 15.2. The standard InChI is InChI=1S/C13H15N3O/c17-13(16-9-5-6-14-7-9)11-8-15-12-4-2-1-3-10(11)12/h1-4,8-9,14-15H,5-7H2,(H,16,17)/t9-/m0/s1. The summed E-state index contributed by atoms with van der Waals surface area (Å²) in [6, 6.07) is 8.11. The Balaban J connectivity index is 1.85. The third-order valence-corrected chi connectivity index (χ3v) is 3.23. The van der Waals surface area contributed by atoms with Gasteiger partial charge < -0.3 is 15.6 Å². The first-order valence-corrected chi connectivity index (χ1v) is 5.92. The van der Waals surface area contributed by atoms with Crippen LogP contribution < -0.4 is 10.6 Å². The molecule has 3 N–H and O–H groups in total. The Morgan fingerprint density at radius 3 is 3.06 bits per heavy atom. The molecule has 0 spiro atoms. The van der Waals surface area contributed by atoms with Crippen molar-refractivity contribution in [3.05, 3.63) is 36.0 Å². The molecule has 4 nitrogen and oxygen atoms in total. The molecule has 17 heavy (non-hydrogen) atoms. The van der Waals surface area contributed by atoms with E-state index in [4.69, 9.17) is 0 Å². The van der Waals surface area contributed by atoms with Gasteiger partial charge in [0.1, 0.15) is 0 Å². The number of aromatic amines is 1. The molecular formula is C13H15N3O. The van der Waals surface area contributed by atoms with Gasteiger partial charge in [0.05, 0.1) is 5.56 Å². The minimum Gasteiger partial charge on any atom is -0.360 e. The van der Waals surface area contributed by atoms with E-state index in [1.165, 1.54) is 0 Å². The second-order valence-electron chi connectivity index (χ2n) is 4.41. The first kappa shape index (κ1) is 10.4. The zero-order chi connectivity index (χ0) is 11.7. The number of carbonyl (C=O) groups is 1. The highest BCUT2D eigenvalue weighted by Crippen LogP contribution is 2.17. The third-order valence-electron chi connectivity index (χ3n) is 3.23. The van der Waals surface area contributed by atoms with Crippen molar-refractivity contribution in [2.24, 2.45) is 0 Å². The summed E-state index contributed by atoms with van der Waals surface area (Å²) < 4.78 is 0. The molecule has 1 atom stereocenters. The van der Waals surface area contributed by atoms with Crippen molar-refractivity contribution in [1.82, 2.24) is 15.6 Å². The smallest absolute Gasteiger partial charge is 0.253 e. The van der Waals surface area contributed by atoms with Crippen LogP contribution >= 0.6 is 0 Å². The number of fused-ring (bicyclic) bond motifs is 1. The Kier molecular flexibility index (Phi) is 2.57. The largest absolute Gasteiger partial charge is 0.360 e. The molecule has 0 saturated carbocycles. The quantitative estimate of drug-likeness (QED) is 0.726. The van der Waals surface area contributed by atoms with Gasteiger partial charge >= 0.3 is 0 Å². The number of benzene rings is 1. The Labute approximate surface area is 99.4 Å². The highest BCUT2D eigenvalue weighted by Gasteiger charge is 2.19. The van der Waals surface area contributed by atoms with Crippen LogP contribution in [-0.4, -0.2) is 30.0 Å². The van der Waals surface area contributed by atoms with Gasteiger partial charge in [0, 0.05) is 29.7 Å². The molecule has 0 unspecified atom stereocenters. The molecule has 4 heteroatoms. The van der Waals surface area contributed by atoms with E-state index in [1.807, 2.05) is 24.3 Å². The maximum Gasteiger partial charge on any atom is 0.253 e. The molecule has 3 rings (SSSR count). The Hall–Kier alpha value is -1.81. The summed E-state index contributed by atoms with van der Waals surface area (Å²) >= 11 is 0. The van der Waals surface area contributed by atoms with Gasteiger partial charge in [-0.2, -0.15) is 0 Å². The van der Waals surface area contributed by atoms with E-state index in [-0.39, 0.29) is 11.9 Å². The first-order chi connectivity index (χ1) is 8.34. The molecular weight excluding hydrogens is 214 g/mol. The molecule has 0 aliphatic carbocycles. The van der Waals surface area contributed by atoms with E-state index in [9.17, 15) is 4.79 Å². The molecule has 1 aromatic carbocycles. The van der Waals surface area contributed by atoms with Crippen LogP contribution in [0, 0.1) is 0 Å². The molecule has 1 fully saturated rings. The number of rotatable bonds is 2. The van der Waals surface area contributed by atoms with Crippen LogP contribution in [0.4, 0.5) is 0 Å². The van der Waals surface area contributed by atoms with Crippen molar-refractivity contribution >= 4 is 16.8 Å². The maximum absolute atomic E-state index is 12.1. The summed E-state index contributed by atoms with van der Waals surface area (Å²) in [5.74, 6) is 0.0103. The number of amides is 1. The van der Waals surface area contributed by atoms with Gasteiger partial charge in [0.2, 0.25) is 0 Å². The molecule has 0 bridgehead atoms. The number of carbonyl (C=O) groups excluding carboxylic acids is 1. The summed E-state index contributed by atoms with van der Waals surface area (Å²) in [6.45, 7) is 1.85. The monoisotopic (exact) mass is 229 g/mol. The second-order valence-corrected chi connectivity index (χ2v) is 4.41. The van der Waals surface area contributed by atoms with Crippen LogP contribution in [0.15, 0.2) is 30.5 Å². The molecule has 2 heterocycles. The highest BCUT2D eigenvalue weighted by atomic mass is 16.1. The van der Waals surface area contributed by atoms with Crippen LogP contribution in [0.5, 0.6) is 0 Å². The summed E-state index contributed by atoms with van der Waals surface area (Å²) in [6.07, 6.45) is 2.79. The molecule has 1 amide bonds. The lowest BCUT2D eigenvalue weighted by Gasteiger charge is -2.10. The van der Waals surface area contributed by atoms with Crippen LogP contribution in [-0.2, 0) is 0 Å². The number of para-hydroxylation sites is 1. The van der Waals surface area contributed by atoms with E-state index in [0.29, 0.717) is 0 Å². The molecule has 1 saturated heterocycles. The molecule has 88 valence electrons. The van der Waals surface area contributed by atoms with Crippen LogP contribution in [0.25, 0.3) is 10.9 Å². The zero-order valence-corrected chi connectivity index (χ0v) is 9.49. The molecule has 1 aliphatic rings. The van der Waals surface area contributed by atoms with Crippen molar-refractivity contribution in [3.63, 3.8) is 0 Å². The van der Waals surface area contributed by atoms with Gasteiger partial charge in [-0.05, 0) is 19.0 Å². The van der Waals surface area contributed by atoms with Crippen molar-refractivity contribution in [3.8, 4) is 0 Å². The van der Waals surface area contributed by atoms with Crippen LogP contribution in [0.3, 0.4) is 0 Å². The number of H-pyrrole nitrogens is 1. The van der Waals surface area contributed by atoms with Crippen molar-refractivity contribution in [2.75, 3.05) is 13.1 Å². The molecule has 1 aliphatic heterocycles. The number of nitrogens with one attached hydrogen (secondary N) is 3. The van der Waals surface area contributed by atoms with Crippen molar-refractivity contribution in [1.29, 1.82) is 0 Å². The Morgan fingerprint density at radius 1 is 1.35 bits per heavy atom.